The van der Waals surface area contributed by atoms with Gasteiger partial charge in [-0.2, -0.15) is 0 Å². The number of rotatable bonds is 4. The van der Waals surface area contributed by atoms with Crippen molar-refractivity contribution in [3.63, 3.8) is 0 Å². The molecule has 2 rings (SSSR count). The maximum absolute atomic E-state index is 5.96. The SMILES string of the molecule is CC.CC.CC(C)c1ccnc(CSc2nc(N)c(Br)c(Cl)n2)c1. The number of nitrogen functional groups attached to an aromatic ring is 1. The first-order valence-corrected chi connectivity index (χ1v) is 10.2. The number of anilines is 1. The van der Waals surface area contributed by atoms with E-state index in [1.165, 1.54) is 17.3 Å². The van der Waals surface area contributed by atoms with Crippen molar-refractivity contribution in [2.75, 3.05) is 5.73 Å². The molecule has 24 heavy (non-hydrogen) atoms. The van der Waals surface area contributed by atoms with Crippen molar-refractivity contribution in [2.24, 2.45) is 0 Å². The molecule has 0 aliphatic rings. The smallest absolute Gasteiger partial charge is 0.191 e. The second-order valence-corrected chi connectivity index (χ2v) is 6.61. The Morgan fingerprint density at radius 1 is 1.21 bits per heavy atom. The third-order valence-corrected chi connectivity index (χ3v) is 4.84. The molecule has 0 spiro atoms. The van der Waals surface area contributed by atoms with Gasteiger partial charge in [-0.05, 0) is 39.5 Å². The molecule has 0 fully saturated rings. The number of nitrogens with two attached hydrogens (primary N) is 1. The normalized spacial score (nSPS) is 9.71. The zero-order valence-corrected chi connectivity index (χ0v) is 18.3. The van der Waals surface area contributed by atoms with E-state index in [0.29, 0.717) is 32.3 Å². The fourth-order valence-corrected chi connectivity index (χ4v) is 2.71. The Kier molecular flexibility index (Phi) is 12.1. The van der Waals surface area contributed by atoms with E-state index in [-0.39, 0.29) is 0 Å². The lowest BCUT2D eigenvalue weighted by atomic mass is 10.0. The molecule has 2 N–H and O–H groups in total. The second kappa shape index (κ2) is 12.5. The number of hydrogen-bond donors (Lipinski definition) is 1. The minimum Gasteiger partial charge on any atom is -0.383 e. The van der Waals surface area contributed by atoms with Gasteiger partial charge >= 0.3 is 0 Å². The van der Waals surface area contributed by atoms with Crippen LogP contribution in [0.25, 0.3) is 0 Å². The molecule has 0 aliphatic carbocycles. The lowest BCUT2D eigenvalue weighted by molar-refractivity contribution is 0.858. The van der Waals surface area contributed by atoms with Crippen molar-refractivity contribution in [3.8, 4) is 0 Å². The summed E-state index contributed by atoms with van der Waals surface area (Å²) in [6.07, 6.45) is 1.83. The van der Waals surface area contributed by atoms with Gasteiger partial charge in [0.15, 0.2) is 5.16 Å². The highest BCUT2D eigenvalue weighted by Gasteiger charge is 2.09. The topological polar surface area (TPSA) is 64.7 Å². The summed E-state index contributed by atoms with van der Waals surface area (Å²) in [4.78, 5) is 12.7. The Balaban J connectivity index is 0.00000123. The summed E-state index contributed by atoms with van der Waals surface area (Å²) in [6, 6.07) is 4.13. The molecule has 2 aromatic rings. The van der Waals surface area contributed by atoms with Crippen molar-refractivity contribution >= 4 is 45.1 Å². The van der Waals surface area contributed by atoms with E-state index in [1.807, 2.05) is 40.0 Å². The molecule has 2 aromatic heterocycles. The molecule has 0 radical (unpaired) electrons. The van der Waals surface area contributed by atoms with E-state index < -0.39 is 0 Å². The second-order valence-electron chi connectivity index (χ2n) is 4.52. The lowest BCUT2D eigenvalue weighted by Gasteiger charge is -2.07. The van der Waals surface area contributed by atoms with Gasteiger partial charge in [0.1, 0.15) is 11.0 Å². The van der Waals surface area contributed by atoms with Crippen LogP contribution in [0.2, 0.25) is 5.15 Å². The quantitative estimate of drug-likeness (QED) is 0.346. The van der Waals surface area contributed by atoms with Crippen LogP contribution in [0.4, 0.5) is 5.82 Å². The van der Waals surface area contributed by atoms with Crippen LogP contribution in [-0.2, 0) is 5.75 Å². The van der Waals surface area contributed by atoms with Crippen LogP contribution >= 0.6 is 39.3 Å². The minimum atomic E-state index is 0.323. The predicted molar refractivity (Wildman–Crippen MR) is 110 cm³/mol. The maximum atomic E-state index is 5.96. The Morgan fingerprint density at radius 3 is 2.38 bits per heavy atom. The van der Waals surface area contributed by atoms with E-state index in [2.05, 4.69) is 50.8 Å². The zero-order chi connectivity index (χ0) is 18.7. The Labute approximate surface area is 163 Å². The molecule has 0 saturated heterocycles. The standard InChI is InChI=1S/C13H14BrClN4S.2C2H6/c1-7(2)8-3-4-17-9(5-8)6-20-13-18-11(15)10(14)12(16)19-13;2*1-2/h3-5,7H,6H2,1-2H3,(H2,16,18,19);2*1-2H3. The van der Waals surface area contributed by atoms with Gasteiger partial charge < -0.3 is 5.73 Å². The van der Waals surface area contributed by atoms with E-state index in [4.69, 9.17) is 17.3 Å². The van der Waals surface area contributed by atoms with E-state index in [0.717, 1.165) is 5.69 Å². The summed E-state index contributed by atoms with van der Waals surface area (Å²) in [5, 5.41) is 0.872. The fraction of sp³-hybridized carbons (Fsp3) is 0.471. The summed E-state index contributed by atoms with van der Waals surface area (Å²) < 4.78 is 0.531. The minimum absolute atomic E-state index is 0.323. The van der Waals surface area contributed by atoms with E-state index in [9.17, 15) is 0 Å². The number of halogens is 2. The molecule has 0 amide bonds. The van der Waals surface area contributed by atoms with Crippen molar-refractivity contribution in [1.82, 2.24) is 15.0 Å². The van der Waals surface area contributed by atoms with Crippen molar-refractivity contribution in [3.05, 3.63) is 39.2 Å². The summed E-state index contributed by atoms with van der Waals surface area (Å²) in [7, 11) is 0. The third-order valence-electron chi connectivity index (χ3n) is 2.67. The lowest BCUT2D eigenvalue weighted by Crippen LogP contribution is -1.98. The first-order valence-electron chi connectivity index (χ1n) is 8.03. The first-order chi connectivity index (χ1) is 11.5. The van der Waals surface area contributed by atoms with Crippen LogP contribution in [0.3, 0.4) is 0 Å². The van der Waals surface area contributed by atoms with Crippen molar-refractivity contribution < 1.29 is 0 Å². The summed E-state index contributed by atoms with van der Waals surface area (Å²) in [6.45, 7) is 12.3. The fourth-order valence-electron chi connectivity index (χ4n) is 1.55. The molecule has 0 unspecified atom stereocenters. The van der Waals surface area contributed by atoms with Crippen LogP contribution in [0, 0.1) is 0 Å². The van der Waals surface area contributed by atoms with Gasteiger partial charge in [0.05, 0.1) is 10.2 Å². The Hall–Kier alpha value is -0.850. The van der Waals surface area contributed by atoms with Gasteiger partial charge in [0.2, 0.25) is 0 Å². The maximum Gasteiger partial charge on any atom is 0.191 e. The van der Waals surface area contributed by atoms with Gasteiger partial charge in [-0.1, -0.05) is 64.9 Å². The number of hydrogen-bond acceptors (Lipinski definition) is 5. The summed E-state index contributed by atoms with van der Waals surface area (Å²) in [5.74, 6) is 1.50. The predicted octanol–water partition coefficient (Wildman–Crippen LogP) is 6.34. The average Bonchev–Trinajstić information content (AvgIpc) is 2.61. The highest BCUT2D eigenvalue weighted by molar-refractivity contribution is 9.10. The molecule has 134 valence electrons. The van der Waals surface area contributed by atoms with Crippen LogP contribution in [0.5, 0.6) is 0 Å². The first kappa shape index (κ1) is 23.1. The number of thioether (sulfide) groups is 1. The van der Waals surface area contributed by atoms with Gasteiger partial charge in [-0.15, -0.1) is 0 Å². The highest BCUT2D eigenvalue weighted by atomic mass is 79.9. The Bertz CT molecular complexity index is 600. The van der Waals surface area contributed by atoms with Crippen LogP contribution < -0.4 is 5.73 Å². The zero-order valence-electron chi connectivity index (χ0n) is 15.1. The molecule has 0 bridgehead atoms. The van der Waals surface area contributed by atoms with Gasteiger partial charge in [0, 0.05) is 11.9 Å². The van der Waals surface area contributed by atoms with Gasteiger partial charge in [0.25, 0.3) is 0 Å². The number of pyridine rings is 1. The van der Waals surface area contributed by atoms with Crippen molar-refractivity contribution in [1.29, 1.82) is 0 Å². The molecular weight excluding hydrogens is 408 g/mol. The van der Waals surface area contributed by atoms with E-state index in [1.54, 1.807) is 0 Å². The molecule has 2 heterocycles. The van der Waals surface area contributed by atoms with Crippen LogP contribution in [-0.4, -0.2) is 15.0 Å². The molecule has 7 heteroatoms. The summed E-state index contributed by atoms with van der Waals surface area (Å²) in [5.41, 5.74) is 8.00. The summed E-state index contributed by atoms with van der Waals surface area (Å²) >= 11 is 10.7. The Morgan fingerprint density at radius 2 is 1.83 bits per heavy atom. The molecule has 0 saturated carbocycles. The largest absolute Gasteiger partial charge is 0.383 e. The van der Waals surface area contributed by atoms with Crippen LogP contribution in [0.1, 0.15) is 58.7 Å². The van der Waals surface area contributed by atoms with Gasteiger partial charge in [-0.25, -0.2) is 9.97 Å². The third kappa shape index (κ3) is 7.36. The highest BCUT2D eigenvalue weighted by Crippen LogP contribution is 2.29. The molecule has 0 aliphatic heterocycles. The van der Waals surface area contributed by atoms with Crippen molar-refractivity contribution in [2.45, 2.75) is 58.4 Å². The number of aromatic nitrogens is 3. The van der Waals surface area contributed by atoms with Crippen LogP contribution in [0.15, 0.2) is 28.0 Å². The average molecular weight is 434 g/mol. The molecule has 4 nitrogen and oxygen atoms in total. The van der Waals surface area contributed by atoms with Gasteiger partial charge in [-0.3, -0.25) is 4.98 Å². The molecule has 0 atom stereocenters. The molecular formula is C17H26BrClN4S. The monoisotopic (exact) mass is 432 g/mol. The van der Waals surface area contributed by atoms with E-state index >= 15 is 0 Å². The number of nitrogens with zero attached hydrogens (tertiary/aromatic N) is 3. The molecule has 0 aromatic carbocycles.